The Morgan fingerprint density at radius 3 is 2.08 bits per heavy atom. The van der Waals surface area contributed by atoms with Crippen LogP contribution in [-0.2, 0) is 11.2 Å². The Hall–Kier alpha value is -2.67. The predicted octanol–water partition coefficient (Wildman–Crippen LogP) is 9.08. The van der Waals surface area contributed by atoms with Crippen LogP contribution in [0.3, 0.4) is 0 Å². The molecule has 4 nitrogen and oxygen atoms in total. The second-order valence-electron chi connectivity index (χ2n) is 10.6. The van der Waals surface area contributed by atoms with Crippen molar-refractivity contribution in [2.45, 2.75) is 111 Å². The molecular formula is C32H46N2O2. The number of hydrogen-bond donors (Lipinski definition) is 0. The number of pyridine rings is 1. The standard InChI is InChI=1S/C32H46N2O2/c1-5-7-8-9-10-11-12-13-14-15-16-27-17-22-30(34-24-27)28-18-20-29(21-19-28)36-31(35)32(4,25-33)23-26(3)6-2/h17-22,24,26H,5-16,23H2,1-4H3. The molecule has 0 radical (unpaired) electrons. The van der Waals surface area contributed by atoms with Gasteiger partial charge in [0.25, 0.3) is 0 Å². The second kappa shape index (κ2) is 16.1. The quantitative estimate of drug-likeness (QED) is 0.126. The molecule has 2 rings (SSSR count). The third kappa shape index (κ3) is 10.1. The molecule has 2 atom stereocenters. The Balaban J connectivity index is 1.77. The maximum Gasteiger partial charge on any atom is 0.331 e. The van der Waals surface area contributed by atoms with Crippen LogP contribution in [0.5, 0.6) is 5.75 Å². The largest absolute Gasteiger partial charge is 0.425 e. The lowest BCUT2D eigenvalue weighted by Gasteiger charge is -2.22. The number of benzene rings is 1. The van der Waals surface area contributed by atoms with Gasteiger partial charge in [-0.05, 0) is 68.0 Å². The van der Waals surface area contributed by atoms with Crippen molar-refractivity contribution in [3.8, 4) is 23.1 Å². The van der Waals surface area contributed by atoms with Crippen LogP contribution < -0.4 is 4.74 Å². The van der Waals surface area contributed by atoms with E-state index in [4.69, 9.17) is 4.74 Å². The van der Waals surface area contributed by atoms with Crippen molar-refractivity contribution in [1.29, 1.82) is 5.26 Å². The summed E-state index contributed by atoms with van der Waals surface area (Å²) in [5.41, 5.74) is 2.02. The number of hydrogen-bond acceptors (Lipinski definition) is 4. The fraction of sp³-hybridized carbons (Fsp3) is 0.594. The Bertz CT molecular complexity index is 930. The third-order valence-corrected chi connectivity index (χ3v) is 7.16. The summed E-state index contributed by atoms with van der Waals surface area (Å²) in [6.07, 6.45) is 18.0. The molecule has 0 bridgehead atoms. The van der Waals surface area contributed by atoms with Crippen molar-refractivity contribution in [2.24, 2.45) is 11.3 Å². The minimum absolute atomic E-state index is 0.281. The summed E-state index contributed by atoms with van der Waals surface area (Å²) in [5, 5.41) is 9.57. The lowest BCUT2D eigenvalue weighted by Crippen LogP contribution is -2.32. The summed E-state index contributed by atoms with van der Waals surface area (Å²) in [6.45, 7) is 8.04. The molecule has 0 aliphatic heterocycles. The van der Waals surface area contributed by atoms with Crippen LogP contribution in [0.1, 0.15) is 110 Å². The van der Waals surface area contributed by atoms with E-state index in [0.29, 0.717) is 12.2 Å². The molecule has 196 valence electrons. The first-order valence-corrected chi connectivity index (χ1v) is 14.1. The summed E-state index contributed by atoms with van der Waals surface area (Å²) >= 11 is 0. The molecule has 0 fully saturated rings. The maximum atomic E-state index is 12.7. The number of unbranched alkanes of at least 4 members (excludes halogenated alkanes) is 9. The third-order valence-electron chi connectivity index (χ3n) is 7.16. The predicted molar refractivity (Wildman–Crippen MR) is 149 cm³/mol. The van der Waals surface area contributed by atoms with Crippen LogP contribution in [0.25, 0.3) is 11.3 Å². The van der Waals surface area contributed by atoms with Gasteiger partial charge in [0.15, 0.2) is 5.41 Å². The first kappa shape index (κ1) is 29.6. The normalized spacial score (nSPS) is 13.5. The number of ether oxygens (including phenoxy) is 1. The van der Waals surface area contributed by atoms with Gasteiger partial charge in [-0.15, -0.1) is 0 Å². The van der Waals surface area contributed by atoms with Gasteiger partial charge in [-0.3, -0.25) is 4.98 Å². The first-order valence-electron chi connectivity index (χ1n) is 14.1. The van der Waals surface area contributed by atoms with E-state index in [1.807, 2.05) is 25.3 Å². The number of carbonyl (C=O) groups excluding carboxylic acids is 1. The van der Waals surface area contributed by atoms with E-state index in [1.165, 1.54) is 69.8 Å². The SMILES string of the molecule is CCCCCCCCCCCCc1ccc(-c2ccc(OC(=O)C(C)(C#N)CC(C)CC)cc2)nc1. The fourth-order valence-electron chi connectivity index (χ4n) is 4.49. The highest BCUT2D eigenvalue weighted by Gasteiger charge is 2.36. The lowest BCUT2D eigenvalue weighted by molar-refractivity contribution is -0.142. The molecule has 0 spiro atoms. The van der Waals surface area contributed by atoms with Gasteiger partial charge < -0.3 is 4.74 Å². The average Bonchev–Trinajstić information content (AvgIpc) is 2.90. The Kier molecular flexibility index (Phi) is 13.3. The van der Waals surface area contributed by atoms with Crippen LogP contribution in [0, 0.1) is 22.7 Å². The van der Waals surface area contributed by atoms with E-state index in [0.717, 1.165) is 24.1 Å². The molecule has 36 heavy (non-hydrogen) atoms. The molecule has 1 aromatic carbocycles. The van der Waals surface area contributed by atoms with Gasteiger partial charge in [-0.25, -0.2) is 4.79 Å². The van der Waals surface area contributed by atoms with E-state index >= 15 is 0 Å². The zero-order valence-electron chi connectivity index (χ0n) is 23.0. The Morgan fingerprint density at radius 1 is 0.944 bits per heavy atom. The summed E-state index contributed by atoms with van der Waals surface area (Å²) in [7, 11) is 0. The summed E-state index contributed by atoms with van der Waals surface area (Å²) < 4.78 is 5.55. The molecule has 0 aliphatic carbocycles. The molecule has 0 saturated carbocycles. The molecule has 0 saturated heterocycles. The average molecular weight is 491 g/mol. The van der Waals surface area contributed by atoms with E-state index in [9.17, 15) is 10.1 Å². The smallest absolute Gasteiger partial charge is 0.331 e. The van der Waals surface area contributed by atoms with E-state index in [1.54, 1.807) is 19.1 Å². The van der Waals surface area contributed by atoms with Crippen molar-refractivity contribution in [3.63, 3.8) is 0 Å². The molecular weight excluding hydrogens is 444 g/mol. The van der Waals surface area contributed by atoms with Crippen LogP contribution in [0.4, 0.5) is 0 Å². The van der Waals surface area contributed by atoms with Crippen LogP contribution in [-0.4, -0.2) is 11.0 Å². The van der Waals surface area contributed by atoms with E-state index in [-0.39, 0.29) is 5.92 Å². The van der Waals surface area contributed by atoms with Gasteiger partial charge >= 0.3 is 5.97 Å². The first-order chi connectivity index (χ1) is 17.4. The van der Waals surface area contributed by atoms with Gasteiger partial charge in [-0.2, -0.15) is 5.26 Å². The molecule has 1 heterocycles. The van der Waals surface area contributed by atoms with Gasteiger partial charge in [0.2, 0.25) is 0 Å². The Morgan fingerprint density at radius 2 is 1.56 bits per heavy atom. The summed E-state index contributed by atoms with van der Waals surface area (Å²) in [5.74, 6) is 0.239. The highest BCUT2D eigenvalue weighted by Crippen LogP contribution is 2.30. The number of rotatable bonds is 17. The number of nitriles is 1. The molecule has 4 heteroatoms. The zero-order valence-corrected chi connectivity index (χ0v) is 23.0. The maximum absolute atomic E-state index is 12.7. The molecule has 2 aromatic rings. The van der Waals surface area contributed by atoms with Crippen LogP contribution in [0.15, 0.2) is 42.6 Å². The zero-order chi connectivity index (χ0) is 26.2. The van der Waals surface area contributed by atoms with Crippen LogP contribution >= 0.6 is 0 Å². The lowest BCUT2D eigenvalue weighted by atomic mass is 9.82. The van der Waals surface area contributed by atoms with E-state index < -0.39 is 11.4 Å². The highest BCUT2D eigenvalue weighted by atomic mass is 16.5. The van der Waals surface area contributed by atoms with E-state index in [2.05, 4.69) is 37.0 Å². The number of nitrogens with zero attached hydrogens (tertiary/aromatic N) is 2. The van der Waals surface area contributed by atoms with Gasteiger partial charge in [0.1, 0.15) is 5.75 Å². The van der Waals surface area contributed by atoms with Crippen molar-refractivity contribution in [1.82, 2.24) is 4.98 Å². The van der Waals surface area contributed by atoms with Gasteiger partial charge in [0, 0.05) is 11.8 Å². The van der Waals surface area contributed by atoms with Crippen LogP contribution in [0.2, 0.25) is 0 Å². The molecule has 0 amide bonds. The fourth-order valence-corrected chi connectivity index (χ4v) is 4.49. The van der Waals surface area contributed by atoms with Crippen molar-refractivity contribution < 1.29 is 9.53 Å². The number of aromatic nitrogens is 1. The molecule has 2 unspecified atom stereocenters. The minimum atomic E-state index is -1.14. The Labute approximate surface area is 219 Å². The number of aryl methyl sites for hydroxylation is 1. The number of esters is 1. The molecule has 0 N–H and O–H groups in total. The molecule has 0 aliphatic rings. The molecule has 1 aromatic heterocycles. The number of carbonyl (C=O) groups is 1. The van der Waals surface area contributed by atoms with Gasteiger partial charge in [-0.1, -0.05) is 91.0 Å². The van der Waals surface area contributed by atoms with Gasteiger partial charge in [0.05, 0.1) is 11.8 Å². The highest BCUT2D eigenvalue weighted by molar-refractivity contribution is 5.81. The van der Waals surface area contributed by atoms with Crippen molar-refractivity contribution >= 4 is 5.97 Å². The second-order valence-corrected chi connectivity index (χ2v) is 10.6. The topological polar surface area (TPSA) is 63.0 Å². The summed E-state index contributed by atoms with van der Waals surface area (Å²) in [6, 6.07) is 13.7. The van der Waals surface area contributed by atoms with Crippen molar-refractivity contribution in [3.05, 3.63) is 48.2 Å². The van der Waals surface area contributed by atoms with Crippen molar-refractivity contribution in [2.75, 3.05) is 0 Å². The monoisotopic (exact) mass is 490 g/mol. The summed E-state index contributed by atoms with van der Waals surface area (Å²) in [4.78, 5) is 17.3. The minimum Gasteiger partial charge on any atom is -0.425 e.